The van der Waals surface area contributed by atoms with E-state index >= 15 is 0 Å². The molecule has 2 amide bonds. The average Bonchev–Trinajstić information content (AvgIpc) is 3.43. The smallest absolute Gasteiger partial charge is 0.315 e. The largest absolute Gasteiger partial charge is 0.392 e. The quantitative estimate of drug-likeness (QED) is 0.236. The molecule has 3 N–H and O–H groups in total. The van der Waals surface area contributed by atoms with E-state index in [1.165, 1.54) is 0 Å². The lowest BCUT2D eigenvalue weighted by Crippen LogP contribution is -2.34. The van der Waals surface area contributed by atoms with Gasteiger partial charge in [0.05, 0.1) is 18.8 Å². The number of amides is 2. The van der Waals surface area contributed by atoms with Crippen molar-refractivity contribution < 1.29 is 19.4 Å². The molecule has 1 aromatic heterocycles. The number of aryl methyl sites for hydroxylation is 1. The standard InChI is InChI=1S/C30H34N6O4S/c1-3-31-29(38)32-17-21-6-4-7-23(14-21)24-8-5-9-25(15-24)28-39-26(19-41-30-33-34-35-36(30)2)16-27(40-28)22-12-10-20(18-37)11-13-22/h4-15,26-28,37H,3,16-19H2,1-2H3,(H2,31,32,38). The van der Waals surface area contributed by atoms with E-state index < -0.39 is 6.29 Å². The molecule has 3 unspecified atom stereocenters. The van der Waals surface area contributed by atoms with Crippen molar-refractivity contribution in [3.05, 3.63) is 95.1 Å². The first kappa shape index (κ1) is 28.7. The van der Waals surface area contributed by atoms with Gasteiger partial charge in [-0.25, -0.2) is 9.48 Å². The molecule has 1 aliphatic rings. The van der Waals surface area contributed by atoms with Crippen molar-refractivity contribution in [3.63, 3.8) is 0 Å². The van der Waals surface area contributed by atoms with Crippen LogP contribution in [-0.4, -0.2) is 49.7 Å². The predicted octanol–water partition coefficient (Wildman–Crippen LogP) is 4.53. The van der Waals surface area contributed by atoms with E-state index in [4.69, 9.17) is 9.47 Å². The minimum Gasteiger partial charge on any atom is -0.392 e. The third-order valence-corrected chi connectivity index (χ3v) is 7.95. The number of urea groups is 1. The van der Waals surface area contributed by atoms with Gasteiger partial charge in [0.25, 0.3) is 0 Å². The molecule has 10 nitrogen and oxygen atoms in total. The third kappa shape index (κ3) is 7.50. The van der Waals surface area contributed by atoms with Gasteiger partial charge in [-0.3, -0.25) is 0 Å². The molecule has 3 aromatic carbocycles. The molecule has 0 spiro atoms. The number of hydrogen-bond donors (Lipinski definition) is 3. The summed E-state index contributed by atoms with van der Waals surface area (Å²) in [6.45, 7) is 2.90. The number of rotatable bonds is 10. The van der Waals surface area contributed by atoms with Gasteiger partial charge in [-0.2, -0.15) is 0 Å². The van der Waals surface area contributed by atoms with Crippen LogP contribution in [0.1, 0.15) is 48.0 Å². The number of tetrazole rings is 1. The molecule has 214 valence electrons. The van der Waals surface area contributed by atoms with Crippen LogP contribution < -0.4 is 10.6 Å². The molecule has 5 rings (SSSR count). The molecule has 4 aromatic rings. The zero-order chi connectivity index (χ0) is 28.6. The number of aliphatic hydroxyl groups is 1. The predicted molar refractivity (Wildman–Crippen MR) is 156 cm³/mol. The van der Waals surface area contributed by atoms with Gasteiger partial charge < -0.3 is 25.2 Å². The number of carbonyl (C=O) groups is 1. The van der Waals surface area contributed by atoms with E-state index in [1.807, 2.05) is 62.5 Å². The van der Waals surface area contributed by atoms with E-state index in [1.54, 1.807) is 16.4 Å². The Bertz CT molecular complexity index is 1450. The fraction of sp³-hybridized carbons (Fsp3) is 0.333. The minimum atomic E-state index is -0.572. The Kier molecular flexibility index (Phi) is 9.63. The average molecular weight is 575 g/mol. The van der Waals surface area contributed by atoms with Gasteiger partial charge in [-0.05, 0) is 57.3 Å². The maximum atomic E-state index is 11.8. The van der Waals surface area contributed by atoms with E-state index in [-0.39, 0.29) is 24.8 Å². The van der Waals surface area contributed by atoms with Gasteiger partial charge in [0.15, 0.2) is 6.29 Å². The van der Waals surface area contributed by atoms with E-state index in [2.05, 4.69) is 50.4 Å². The first-order chi connectivity index (χ1) is 20.0. The number of nitrogens with zero attached hydrogens (tertiary/aromatic N) is 4. The van der Waals surface area contributed by atoms with Crippen LogP contribution in [0.3, 0.4) is 0 Å². The van der Waals surface area contributed by atoms with Gasteiger partial charge in [0.1, 0.15) is 0 Å². The highest BCUT2D eigenvalue weighted by atomic mass is 32.2. The monoisotopic (exact) mass is 574 g/mol. The molecule has 1 fully saturated rings. The molecule has 11 heteroatoms. The summed E-state index contributed by atoms with van der Waals surface area (Å²) >= 11 is 1.55. The maximum Gasteiger partial charge on any atom is 0.315 e. The molecule has 0 bridgehead atoms. The van der Waals surface area contributed by atoms with Crippen LogP contribution in [0.2, 0.25) is 0 Å². The molecular weight excluding hydrogens is 540 g/mol. The molecule has 2 heterocycles. The van der Waals surface area contributed by atoms with Gasteiger partial charge in [-0.1, -0.05) is 72.4 Å². The summed E-state index contributed by atoms with van der Waals surface area (Å²) in [6.07, 6.45) is -0.187. The second kappa shape index (κ2) is 13.7. The zero-order valence-corrected chi connectivity index (χ0v) is 23.9. The second-order valence-electron chi connectivity index (χ2n) is 9.79. The summed E-state index contributed by atoms with van der Waals surface area (Å²) in [4.78, 5) is 11.8. The highest BCUT2D eigenvalue weighted by Crippen LogP contribution is 2.40. The number of carbonyl (C=O) groups excluding carboxylic acids is 1. The lowest BCUT2D eigenvalue weighted by molar-refractivity contribution is -0.245. The number of hydrogen-bond acceptors (Lipinski definition) is 8. The van der Waals surface area contributed by atoms with Crippen LogP contribution in [0.15, 0.2) is 78.0 Å². The van der Waals surface area contributed by atoms with Crippen molar-refractivity contribution >= 4 is 17.8 Å². The summed E-state index contributed by atoms with van der Waals surface area (Å²) in [7, 11) is 1.82. The van der Waals surface area contributed by atoms with E-state index in [0.717, 1.165) is 38.5 Å². The Morgan fingerprint density at radius 2 is 1.78 bits per heavy atom. The normalized spacial score (nSPS) is 18.7. The second-order valence-corrected chi connectivity index (χ2v) is 10.8. The van der Waals surface area contributed by atoms with E-state index in [9.17, 15) is 9.90 Å². The number of nitrogens with one attached hydrogen (secondary N) is 2. The van der Waals surface area contributed by atoms with Gasteiger partial charge >= 0.3 is 6.03 Å². The summed E-state index contributed by atoms with van der Waals surface area (Å²) in [5.41, 5.74) is 5.88. The van der Waals surface area contributed by atoms with Crippen molar-refractivity contribution in [2.45, 2.75) is 50.2 Å². The third-order valence-electron chi connectivity index (χ3n) is 6.80. The van der Waals surface area contributed by atoms with Crippen LogP contribution in [-0.2, 0) is 29.7 Å². The molecule has 0 saturated carbocycles. The van der Waals surface area contributed by atoms with Crippen LogP contribution in [0.25, 0.3) is 11.1 Å². The summed E-state index contributed by atoms with van der Waals surface area (Å²) < 4.78 is 14.7. The molecule has 41 heavy (non-hydrogen) atoms. The van der Waals surface area contributed by atoms with E-state index in [0.29, 0.717) is 25.3 Å². The fourth-order valence-electron chi connectivity index (χ4n) is 4.66. The Morgan fingerprint density at radius 3 is 2.51 bits per heavy atom. The Hall–Kier alpha value is -3.77. The molecule has 1 aliphatic heterocycles. The molecular formula is C30H34N6O4S. The van der Waals surface area contributed by atoms with Crippen molar-refractivity contribution in [1.29, 1.82) is 0 Å². The Morgan fingerprint density at radius 1 is 1.00 bits per heavy atom. The SMILES string of the molecule is CCNC(=O)NCc1cccc(-c2cccc(C3OC(CSc4nnnn4C)CC(c4ccc(CO)cc4)O3)c2)c1. The number of aliphatic hydroxyl groups excluding tert-OH is 1. The minimum absolute atomic E-state index is 0.00146. The summed E-state index contributed by atoms with van der Waals surface area (Å²) in [5.74, 6) is 0.666. The van der Waals surface area contributed by atoms with Gasteiger partial charge in [0.2, 0.25) is 5.16 Å². The molecule has 3 atom stereocenters. The van der Waals surface area contributed by atoms with Gasteiger partial charge in [0, 0.05) is 37.9 Å². The number of benzene rings is 3. The highest BCUT2D eigenvalue weighted by Gasteiger charge is 2.32. The number of thioether (sulfide) groups is 1. The lowest BCUT2D eigenvalue weighted by Gasteiger charge is -2.36. The van der Waals surface area contributed by atoms with Crippen molar-refractivity contribution in [3.8, 4) is 11.1 Å². The molecule has 0 aliphatic carbocycles. The van der Waals surface area contributed by atoms with Crippen molar-refractivity contribution in [2.24, 2.45) is 7.05 Å². The molecule has 0 radical (unpaired) electrons. The number of aromatic nitrogens is 4. The summed E-state index contributed by atoms with van der Waals surface area (Å²) in [5, 5.41) is 27.6. The lowest BCUT2D eigenvalue weighted by atomic mass is 9.99. The van der Waals surface area contributed by atoms with Gasteiger partial charge in [-0.15, -0.1) is 5.10 Å². The van der Waals surface area contributed by atoms with Crippen LogP contribution in [0.4, 0.5) is 4.79 Å². The Balaban J connectivity index is 1.36. The van der Waals surface area contributed by atoms with Crippen LogP contribution in [0, 0.1) is 0 Å². The van der Waals surface area contributed by atoms with Crippen molar-refractivity contribution in [1.82, 2.24) is 30.8 Å². The molecule has 1 saturated heterocycles. The highest BCUT2D eigenvalue weighted by molar-refractivity contribution is 7.99. The zero-order valence-electron chi connectivity index (χ0n) is 23.1. The summed E-state index contributed by atoms with van der Waals surface area (Å²) in [6, 6.07) is 24.0. The van der Waals surface area contributed by atoms with Crippen LogP contribution >= 0.6 is 11.8 Å². The topological polar surface area (TPSA) is 123 Å². The Labute approximate surface area is 243 Å². The number of ether oxygens (including phenoxy) is 2. The van der Waals surface area contributed by atoms with Crippen molar-refractivity contribution in [2.75, 3.05) is 12.3 Å². The first-order valence-electron chi connectivity index (χ1n) is 13.6. The fourth-order valence-corrected chi connectivity index (χ4v) is 5.53. The van der Waals surface area contributed by atoms with Crippen LogP contribution in [0.5, 0.6) is 0 Å². The maximum absolute atomic E-state index is 11.8. The first-order valence-corrected chi connectivity index (χ1v) is 14.6.